The highest BCUT2D eigenvalue weighted by molar-refractivity contribution is 5.52. The lowest BCUT2D eigenvalue weighted by Gasteiger charge is -2.11. The quantitative estimate of drug-likeness (QED) is 0.822. The van der Waals surface area contributed by atoms with Crippen LogP contribution in [0.5, 0.6) is 23.0 Å². The van der Waals surface area contributed by atoms with Crippen molar-refractivity contribution in [3.63, 3.8) is 0 Å². The molecule has 19 heavy (non-hydrogen) atoms. The Morgan fingerprint density at radius 2 is 1.26 bits per heavy atom. The van der Waals surface area contributed by atoms with Crippen LogP contribution in [0.15, 0.2) is 36.4 Å². The average molecular weight is 254 g/mol. The van der Waals surface area contributed by atoms with E-state index in [1.165, 1.54) is 11.1 Å². The van der Waals surface area contributed by atoms with Crippen LogP contribution in [0.2, 0.25) is 0 Å². The highest BCUT2D eigenvalue weighted by atomic mass is 16.5. The van der Waals surface area contributed by atoms with Crippen LogP contribution < -0.4 is 14.2 Å². The van der Waals surface area contributed by atoms with E-state index < -0.39 is 0 Å². The van der Waals surface area contributed by atoms with E-state index in [2.05, 4.69) is 0 Å². The minimum atomic E-state index is 0.742. The fourth-order valence-electron chi connectivity index (χ4n) is 2.69. The summed E-state index contributed by atoms with van der Waals surface area (Å²) >= 11 is 0. The first-order valence-electron chi connectivity index (χ1n) is 6.59. The van der Waals surface area contributed by atoms with Crippen molar-refractivity contribution >= 4 is 0 Å². The first-order chi connectivity index (χ1) is 9.42. The Kier molecular flexibility index (Phi) is 2.37. The van der Waals surface area contributed by atoms with Gasteiger partial charge < -0.3 is 14.2 Å². The molecule has 3 nitrogen and oxygen atoms in total. The molecule has 0 aromatic heterocycles. The Balaban J connectivity index is 1.73. The van der Waals surface area contributed by atoms with E-state index in [0.29, 0.717) is 0 Å². The zero-order valence-corrected chi connectivity index (χ0v) is 10.5. The van der Waals surface area contributed by atoms with Gasteiger partial charge >= 0.3 is 0 Å². The molecule has 0 atom stereocenters. The summed E-state index contributed by atoms with van der Waals surface area (Å²) in [6, 6.07) is 11.9. The molecular weight excluding hydrogens is 240 g/mol. The molecule has 0 N–H and O–H groups in total. The molecule has 3 heteroatoms. The van der Waals surface area contributed by atoms with E-state index in [-0.39, 0.29) is 0 Å². The van der Waals surface area contributed by atoms with Crippen LogP contribution in [0.3, 0.4) is 0 Å². The highest BCUT2D eigenvalue weighted by Gasteiger charge is 2.20. The molecule has 2 aromatic rings. The van der Waals surface area contributed by atoms with Gasteiger partial charge in [0.25, 0.3) is 0 Å². The Bertz CT molecular complexity index is 578. The number of hydrogen-bond acceptors (Lipinski definition) is 3. The fraction of sp³-hybridized carbons (Fsp3) is 0.250. The highest BCUT2D eigenvalue weighted by Crippen LogP contribution is 2.39. The van der Waals surface area contributed by atoms with Gasteiger partial charge in [0, 0.05) is 24.0 Å². The minimum Gasteiger partial charge on any atom is -0.493 e. The van der Waals surface area contributed by atoms with Gasteiger partial charge in [-0.15, -0.1) is 0 Å². The normalized spacial score (nSPS) is 15.4. The van der Waals surface area contributed by atoms with Gasteiger partial charge in [0.15, 0.2) is 0 Å². The molecule has 0 bridgehead atoms. The summed E-state index contributed by atoms with van der Waals surface area (Å²) in [4.78, 5) is 0. The summed E-state index contributed by atoms with van der Waals surface area (Å²) in [6.45, 7) is 1.48. The molecule has 0 aliphatic carbocycles. The molecule has 96 valence electrons. The van der Waals surface area contributed by atoms with E-state index in [4.69, 9.17) is 14.2 Å². The van der Waals surface area contributed by atoms with Gasteiger partial charge in [-0.2, -0.15) is 0 Å². The van der Waals surface area contributed by atoms with E-state index in [9.17, 15) is 0 Å². The Morgan fingerprint density at radius 1 is 0.737 bits per heavy atom. The molecule has 2 aromatic carbocycles. The Morgan fingerprint density at radius 3 is 1.79 bits per heavy atom. The number of rotatable bonds is 2. The lowest BCUT2D eigenvalue weighted by molar-refractivity contribution is 0.356. The van der Waals surface area contributed by atoms with Gasteiger partial charge in [-0.25, -0.2) is 0 Å². The second-order valence-corrected chi connectivity index (χ2v) is 4.76. The third-order valence-corrected chi connectivity index (χ3v) is 3.62. The van der Waals surface area contributed by atoms with E-state index in [0.717, 1.165) is 49.1 Å². The molecule has 4 rings (SSSR count). The van der Waals surface area contributed by atoms with Crippen molar-refractivity contribution in [1.82, 2.24) is 0 Å². The first-order valence-corrected chi connectivity index (χ1v) is 6.59. The second-order valence-electron chi connectivity index (χ2n) is 4.76. The third-order valence-electron chi connectivity index (χ3n) is 3.62. The molecule has 2 aliphatic heterocycles. The molecule has 0 saturated carbocycles. The Hall–Kier alpha value is -2.16. The van der Waals surface area contributed by atoms with Crippen LogP contribution in [-0.4, -0.2) is 13.2 Å². The lowest BCUT2D eigenvalue weighted by atomic mass is 10.1. The van der Waals surface area contributed by atoms with Crippen LogP contribution >= 0.6 is 0 Å². The monoisotopic (exact) mass is 254 g/mol. The van der Waals surface area contributed by atoms with E-state index in [1.54, 1.807) is 0 Å². The zero-order chi connectivity index (χ0) is 12.7. The van der Waals surface area contributed by atoms with Crippen molar-refractivity contribution in [3.8, 4) is 23.0 Å². The van der Waals surface area contributed by atoms with Crippen LogP contribution in [0.4, 0.5) is 0 Å². The van der Waals surface area contributed by atoms with Crippen molar-refractivity contribution in [3.05, 3.63) is 47.5 Å². The summed E-state index contributed by atoms with van der Waals surface area (Å²) < 4.78 is 17.2. The SMILES string of the molecule is c1cc2c(c(Oc3cccc4c3CCO4)c1)CCO2. The lowest BCUT2D eigenvalue weighted by Crippen LogP contribution is -1.92. The van der Waals surface area contributed by atoms with Crippen LogP contribution in [0, 0.1) is 0 Å². The number of hydrogen-bond donors (Lipinski definition) is 0. The molecule has 0 saturated heterocycles. The maximum Gasteiger partial charge on any atom is 0.134 e. The molecule has 2 heterocycles. The predicted molar refractivity (Wildman–Crippen MR) is 71.4 cm³/mol. The summed E-state index contributed by atoms with van der Waals surface area (Å²) in [6.07, 6.45) is 1.83. The zero-order valence-electron chi connectivity index (χ0n) is 10.5. The summed E-state index contributed by atoms with van der Waals surface area (Å²) in [7, 11) is 0. The Labute approximate surface area is 111 Å². The molecule has 0 radical (unpaired) electrons. The second kappa shape index (κ2) is 4.19. The van der Waals surface area contributed by atoms with Crippen LogP contribution in [0.25, 0.3) is 0 Å². The van der Waals surface area contributed by atoms with Crippen molar-refractivity contribution in [2.45, 2.75) is 12.8 Å². The number of benzene rings is 2. The summed E-state index contributed by atoms with van der Waals surface area (Å²) in [5.74, 6) is 3.69. The standard InChI is InChI=1S/C16H14O3/c1-3-13-11(7-9-17-13)15(5-1)19-16-6-2-4-14-12(16)8-10-18-14/h1-6H,7-10H2. The maximum atomic E-state index is 6.10. The van der Waals surface area contributed by atoms with Crippen molar-refractivity contribution in [2.24, 2.45) is 0 Å². The van der Waals surface area contributed by atoms with E-state index >= 15 is 0 Å². The maximum absolute atomic E-state index is 6.10. The molecular formula is C16H14O3. The fourth-order valence-corrected chi connectivity index (χ4v) is 2.69. The molecule has 0 amide bonds. The van der Waals surface area contributed by atoms with Crippen LogP contribution in [-0.2, 0) is 12.8 Å². The van der Waals surface area contributed by atoms with Crippen molar-refractivity contribution < 1.29 is 14.2 Å². The van der Waals surface area contributed by atoms with Gasteiger partial charge in [0.05, 0.1) is 13.2 Å². The van der Waals surface area contributed by atoms with Crippen molar-refractivity contribution in [2.75, 3.05) is 13.2 Å². The predicted octanol–water partition coefficient (Wildman–Crippen LogP) is 3.35. The molecule has 2 aliphatic rings. The third kappa shape index (κ3) is 1.73. The van der Waals surface area contributed by atoms with Crippen molar-refractivity contribution in [1.29, 1.82) is 0 Å². The number of ether oxygens (including phenoxy) is 3. The molecule has 0 spiro atoms. The average Bonchev–Trinajstić information content (AvgIpc) is 3.08. The van der Waals surface area contributed by atoms with Gasteiger partial charge in [-0.3, -0.25) is 0 Å². The minimum absolute atomic E-state index is 0.742. The first kappa shape index (κ1) is 10.7. The summed E-state index contributed by atoms with van der Waals surface area (Å²) in [5.41, 5.74) is 2.33. The largest absolute Gasteiger partial charge is 0.493 e. The van der Waals surface area contributed by atoms with Gasteiger partial charge in [0.2, 0.25) is 0 Å². The smallest absolute Gasteiger partial charge is 0.134 e. The van der Waals surface area contributed by atoms with Gasteiger partial charge in [-0.1, -0.05) is 12.1 Å². The van der Waals surface area contributed by atoms with E-state index in [1.807, 2.05) is 36.4 Å². The number of fused-ring (bicyclic) bond motifs is 2. The van der Waals surface area contributed by atoms with Gasteiger partial charge in [0.1, 0.15) is 23.0 Å². The molecule has 0 fully saturated rings. The van der Waals surface area contributed by atoms with Crippen LogP contribution in [0.1, 0.15) is 11.1 Å². The van der Waals surface area contributed by atoms with Gasteiger partial charge in [-0.05, 0) is 24.3 Å². The topological polar surface area (TPSA) is 27.7 Å². The summed E-state index contributed by atoms with van der Waals surface area (Å²) in [5, 5.41) is 0. The molecule has 0 unspecified atom stereocenters.